The number of esters is 1. The van der Waals surface area contributed by atoms with Crippen LogP contribution in [0, 0.1) is 0 Å². The zero-order valence-electron chi connectivity index (χ0n) is 8.87. The molecule has 0 aromatic heterocycles. The summed E-state index contributed by atoms with van der Waals surface area (Å²) in [5, 5.41) is 3.21. The number of hydrogen-bond donors (Lipinski definition) is 1. The first kappa shape index (κ1) is 13.9. The van der Waals surface area contributed by atoms with Crippen LogP contribution in [0.15, 0.2) is 28.7 Å². The predicted octanol–water partition coefficient (Wildman–Crippen LogP) is 2.52. The Hall–Kier alpha value is -0.140. The van der Waals surface area contributed by atoms with E-state index >= 15 is 0 Å². The van der Waals surface area contributed by atoms with E-state index in [0.717, 1.165) is 11.0 Å². The summed E-state index contributed by atoms with van der Waals surface area (Å²) in [7, 11) is 1.41. The molecule has 1 aromatic rings. The van der Waals surface area contributed by atoms with Crippen molar-refractivity contribution >= 4 is 44.5 Å². The summed E-state index contributed by atoms with van der Waals surface area (Å²) >= 11 is 5.45. The SMILES string of the molecule is COC(=O)C(I)CNCc1ccc(Br)cc1. The molecular formula is C11H13BrINO2. The van der Waals surface area contributed by atoms with Gasteiger partial charge in [-0.3, -0.25) is 4.79 Å². The second-order valence-corrected chi connectivity index (χ2v) is 5.67. The Morgan fingerprint density at radius 1 is 1.50 bits per heavy atom. The highest BCUT2D eigenvalue weighted by Gasteiger charge is 2.13. The van der Waals surface area contributed by atoms with Gasteiger partial charge >= 0.3 is 5.97 Å². The van der Waals surface area contributed by atoms with Gasteiger partial charge in [0.25, 0.3) is 0 Å². The van der Waals surface area contributed by atoms with Crippen molar-refractivity contribution in [1.29, 1.82) is 0 Å². The largest absolute Gasteiger partial charge is 0.468 e. The van der Waals surface area contributed by atoms with Crippen molar-refractivity contribution in [3.05, 3.63) is 34.3 Å². The minimum absolute atomic E-state index is 0.141. The van der Waals surface area contributed by atoms with Gasteiger partial charge in [0.1, 0.15) is 3.92 Å². The molecule has 0 bridgehead atoms. The van der Waals surface area contributed by atoms with Crippen molar-refractivity contribution in [3.8, 4) is 0 Å². The molecule has 1 rings (SSSR count). The van der Waals surface area contributed by atoms with Crippen LogP contribution in [0.3, 0.4) is 0 Å². The molecule has 1 N–H and O–H groups in total. The lowest BCUT2D eigenvalue weighted by molar-refractivity contribution is -0.139. The van der Waals surface area contributed by atoms with E-state index < -0.39 is 0 Å². The highest BCUT2D eigenvalue weighted by molar-refractivity contribution is 14.1. The number of methoxy groups -OCH3 is 1. The van der Waals surface area contributed by atoms with Crippen LogP contribution in [-0.4, -0.2) is 23.5 Å². The number of nitrogens with one attached hydrogen (secondary N) is 1. The number of carbonyl (C=O) groups excluding carboxylic acids is 1. The maximum Gasteiger partial charge on any atom is 0.319 e. The molecular weight excluding hydrogens is 385 g/mol. The molecule has 1 atom stereocenters. The summed E-state index contributed by atoms with van der Waals surface area (Å²) in [5.74, 6) is -0.191. The molecule has 1 aromatic carbocycles. The van der Waals surface area contributed by atoms with E-state index in [1.54, 1.807) is 0 Å². The topological polar surface area (TPSA) is 38.3 Å². The summed E-state index contributed by atoms with van der Waals surface area (Å²) in [5.41, 5.74) is 1.19. The molecule has 16 heavy (non-hydrogen) atoms. The molecule has 0 radical (unpaired) electrons. The fourth-order valence-electron chi connectivity index (χ4n) is 1.16. The molecule has 0 heterocycles. The standard InChI is InChI=1S/C11H13BrINO2/c1-16-11(15)10(13)7-14-6-8-2-4-9(12)5-3-8/h2-5,10,14H,6-7H2,1H3. The van der Waals surface area contributed by atoms with Crippen molar-refractivity contribution < 1.29 is 9.53 Å². The molecule has 0 saturated carbocycles. The van der Waals surface area contributed by atoms with Crippen LogP contribution in [0.5, 0.6) is 0 Å². The van der Waals surface area contributed by atoms with Gasteiger partial charge < -0.3 is 10.1 Å². The Balaban J connectivity index is 2.30. The molecule has 0 aliphatic rings. The molecule has 0 fully saturated rings. The fourth-order valence-corrected chi connectivity index (χ4v) is 1.99. The highest BCUT2D eigenvalue weighted by atomic mass is 127. The van der Waals surface area contributed by atoms with Crippen LogP contribution in [0.25, 0.3) is 0 Å². The van der Waals surface area contributed by atoms with Crippen molar-refractivity contribution in [2.75, 3.05) is 13.7 Å². The lowest BCUT2D eigenvalue weighted by atomic mass is 10.2. The first-order valence-corrected chi connectivity index (χ1v) is 6.84. The molecule has 0 amide bonds. The number of ether oxygens (including phenoxy) is 1. The zero-order chi connectivity index (χ0) is 12.0. The molecule has 0 saturated heterocycles. The number of benzene rings is 1. The Morgan fingerprint density at radius 3 is 2.69 bits per heavy atom. The van der Waals surface area contributed by atoms with Gasteiger partial charge in [-0.25, -0.2) is 0 Å². The van der Waals surface area contributed by atoms with Gasteiger partial charge in [0.15, 0.2) is 0 Å². The Bertz CT molecular complexity index is 342. The van der Waals surface area contributed by atoms with Crippen molar-refractivity contribution in [2.24, 2.45) is 0 Å². The van der Waals surface area contributed by atoms with Crippen molar-refractivity contribution in [2.45, 2.75) is 10.5 Å². The van der Waals surface area contributed by atoms with Crippen LogP contribution in [0.2, 0.25) is 0 Å². The van der Waals surface area contributed by atoms with Gasteiger partial charge in [-0.1, -0.05) is 50.7 Å². The number of halogens is 2. The summed E-state index contributed by atoms with van der Waals surface area (Å²) in [6, 6.07) is 8.08. The van der Waals surface area contributed by atoms with Crippen LogP contribution in [0.4, 0.5) is 0 Å². The second kappa shape index (κ2) is 7.24. The zero-order valence-corrected chi connectivity index (χ0v) is 12.6. The van der Waals surface area contributed by atoms with Gasteiger partial charge in [-0.2, -0.15) is 0 Å². The maximum atomic E-state index is 11.1. The van der Waals surface area contributed by atoms with Crippen molar-refractivity contribution in [1.82, 2.24) is 5.32 Å². The summed E-state index contributed by atoms with van der Waals surface area (Å²) < 4.78 is 5.56. The molecule has 1 unspecified atom stereocenters. The van der Waals surface area contributed by atoms with Gasteiger partial charge in [-0.15, -0.1) is 0 Å². The molecule has 0 aliphatic carbocycles. The van der Waals surface area contributed by atoms with E-state index in [2.05, 4.69) is 48.6 Å². The first-order valence-electron chi connectivity index (χ1n) is 4.80. The van der Waals surface area contributed by atoms with Crippen LogP contribution in [0.1, 0.15) is 5.56 Å². The fraction of sp³-hybridized carbons (Fsp3) is 0.364. The summed E-state index contributed by atoms with van der Waals surface area (Å²) in [6.07, 6.45) is 0. The number of alkyl halides is 1. The van der Waals surface area contributed by atoms with E-state index in [1.165, 1.54) is 12.7 Å². The average Bonchev–Trinajstić information content (AvgIpc) is 2.30. The predicted molar refractivity (Wildman–Crippen MR) is 75.7 cm³/mol. The van der Waals surface area contributed by atoms with E-state index in [1.807, 2.05) is 24.3 Å². The molecule has 0 aliphatic heterocycles. The quantitative estimate of drug-likeness (QED) is 0.471. The van der Waals surface area contributed by atoms with Crippen LogP contribution < -0.4 is 5.32 Å². The first-order chi connectivity index (χ1) is 7.63. The monoisotopic (exact) mass is 397 g/mol. The van der Waals surface area contributed by atoms with Crippen LogP contribution >= 0.6 is 38.5 Å². The summed E-state index contributed by atoms with van der Waals surface area (Å²) in [6.45, 7) is 1.37. The third-order valence-corrected chi connectivity index (χ3v) is 3.50. The number of carbonyl (C=O) groups is 1. The molecule has 88 valence electrons. The van der Waals surface area contributed by atoms with E-state index in [9.17, 15) is 4.79 Å². The van der Waals surface area contributed by atoms with Crippen LogP contribution in [-0.2, 0) is 16.1 Å². The Labute approximate surface area is 117 Å². The van der Waals surface area contributed by atoms with E-state index in [4.69, 9.17) is 0 Å². The molecule has 3 nitrogen and oxygen atoms in total. The lowest BCUT2D eigenvalue weighted by Gasteiger charge is -2.09. The minimum Gasteiger partial charge on any atom is -0.468 e. The minimum atomic E-state index is -0.191. The Morgan fingerprint density at radius 2 is 2.12 bits per heavy atom. The second-order valence-electron chi connectivity index (χ2n) is 3.25. The average molecular weight is 398 g/mol. The van der Waals surface area contributed by atoms with Gasteiger partial charge in [0, 0.05) is 17.6 Å². The Kier molecular flexibility index (Phi) is 6.30. The van der Waals surface area contributed by atoms with Gasteiger partial charge in [0.2, 0.25) is 0 Å². The van der Waals surface area contributed by atoms with E-state index in [0.29, 0.717) is 6.54 Å². The third kappa shape index (κ3) is 4.80. The normalized spacial score (nSPS) is 12.2. The van der Waals surface area contributed by atoms with Crippen molar-refractivity contribution in [3.63, 3.8) is 0 Å². The number of hydrogen-bond acceptors (Lipinski definition) is 3. The summed E-state index contributed by atoms with van der Waals surface area (Å²) in [4.78, 5) is 11.1. The lowest BCUT2D eigenvalue weighted by Crippen LogP contribution is -2.29. The van der Waals surface area contributed by atoms with E-state index in [-0.39, 0.29) is 9.89 Å². The highest BCUT2D eigenvalue weighted by Crippen LogP contribution is 2.10. The molecule has 5 heteroatoms. The maximum absolute atomic E-state index is 11.1. The number of rotatable bonds is 5. The van der Waals surface area contributed by atoms with Gasteiger partial charge in [-0.05, 0) is 17.7 Å². The smallest absolute Gasteiger partial charge is 0.319 e. The van der Waals surface area contributed by atoms with Gasteiger partial charge in [0.05, 0.1) is 7.11 Å². The molecule has 0 spiro atoms. The third-order valence-electron chi connectivity index (χ3n) is 2.02.